The van der Waals surface area contributed by atoms with E-state index in [2.05, 4.69) is 4.74 Å². The zero-order valence-corrected chi connectivity index (χ0v) is 20.0. The van der Waals surface area contributed by atoms with Gasteiger partial charge < -0.3 is 24.2 Å². The van der Waals surface area contributed by atoms with Gasteiger partial charge in [-0.05, 0) is 29.0 Å². The normalized spacial score (nSPS) is 17.2. The van der Waals surface area contributed by atoms with Crippen LogP contribution in [0, 0.1) is 5.41 Å². The summed E-state index contributed by atoms with van der Waals surface area (Å²) in [5, 5.41) is 10.3. The number of rotatable bonds is 7. The Balaban J connectivity index is 1.93. The Morgan fingerprint density at radius 2 is 1.83 bits per heavy atom. The van der Waals surface area contributed by atoms with Gasteiger partial charge in [-0.1, -0.05) is 26.8 Å². The molecule has 11 heteroatoms. The zero-order valence-electron chi connectivity index (χ0n) is 20.0. The molecule has 0 saturated carbocycles. The molecular formula is C24H28N2O9. The third-order valence-corrected chi connectivity index (χ3v) is 5.38. The summed E-state index contributed by atoms with van der Waals surface area (Å²) in [5.74, 6) is -3.58. The van der Waals surface area contributed by atoms with E-state index >= 15 is 0 Å². The lowest BCUT2D eigenvalue weighted by Crippen LogP contribution is -2.55. The summed E-state index contributed by atoms with van der Waals surface area (Å²) in [6.45, 7) is 5.19. The highest BCUT2D eigenvalue weighted by Gasteiger charge is 2.43. The molecule has 35 heavy (non-hydrogen) atoms. The Morgan fingerprint density at radius 1 is 1.14 bits per heavy atom. The predicted molar refractivity (Wildman–Crippen MR) is 124 cm³/mol. The van der Waals surface area contributed by atoms with Crippen molar-refractivity contribution < 1.29 is 38.5 Å². The van der Waals surface area contributed by atoms with Crippen LogP contribution < -0.4 is 10.5 Å². The summed E-state index contributed by atoms with van der Waals surface area (Å²) in [6.07, 6.45) is -3.41. The second-order valence-corrected chi connectivity index (χ2v) is 9.34. The first-order valence-electron chi connectivity index (χ1n) is 11.0. The number of aliphatic carboxylic acids is 1. The van der Waals surface area contributed by atoms with Gasteiger partial charge in [0.25, 0.3) is 11.5 Å². The molecule has 0 radical (unpaired) electrons. The van der Waals surface area contributed by atoms with E-state index in [0.29, 0.717) is 16.6 Å². The first-order valence-corrected chi connectivity index (χ1v) is 11.0. The zero-order chi connectivity index (χ0) is 25.9. The van der Waals surface area contributed by atoms with Crippen LogP contribution in [0.3, 0.4) is 0 Å². The lowest BCUT2D eigenvalue weighted by Gasteiger charge is -2.34. The Hall–Kier alpha value is -3.73. The summed E-state index contributed by atoms with van der Waals surface area (Å²) < 4.78 is 16.5. The van der Waals surface area contributed by atoms with Gasteiger partial charge in [0.1, 0.15) is 6.54 Å². The fourth-order valence-electron chi connectivity index (χ4n) is 3.74. The molecule has 1 aromatic heterocycles. The molecule has 0 unspecified atom stereocenters. The molecule has 2 heterocycles. The standard InChI is InChI=1S/C24H28N2O9/c1-24(2,3)12-18(28)35-21(23(31)32)20-22(30)25(9-10-34-20)15-7-5-14-6-8-17(27)26(16(14)11-15)13-19(29)33-4/h5-8,11,20-21H,9-10,12-13H2,1-4H3,(H,31,32)/t20-,21-/m1/s1. The molecule has 1 amide bonds. The van der Waals surface area contributed by atoms with Crippen LogP contribution in [0.25, 0.3) is 10.9 Å². The monoisotopic (exact) mass is 488 g/mol. The number of carbonyl (C=O) groups is 4. The van der Waals surface area contributed by atoms with Gasteiger partial charge in [0.2, 0.25) is 6.10 Å². The number of morpholine rings is 1. The minimum atomic E-state index is -1.82. The van der Waals surface area contributed by atoms with Gasteiger partial charge in [-0.15, -0.1) is 0 Å². The van der Waals surface area contributed by atoms with Gasteiger partial charge >= 0.3 is 17.9 Å². The second-order valence-electron chi connectivity index (χ2n) is 9.34. The van der Waals surface area contributed by atoms with Crippen molar-refractivity contribution in [3.63, 3.8) is 0 Å². The summed E-state index contributed by atoms with van der Waals surface area (Å²) in [5.41, 5.74) is -0.106. The summed E-state index contributed by atoms with van der Waals surface area (Å²) in [6, 6.07) is 7.78. The number of pyridine rings is 1. The van der Waals surface area contributed by atoms with Gasteiger partial charge in [0.05, 0.1) is 25.7 Å². The van der Waals surface area contributed by atoms with E-state index in [0.717, 1.165) is 0 Å². The van der Waals surface area contributed by atoms with Gasteiger partial charge in [-0.3, -0.25) is 23.7 Å². The van der Waals surface area contributed by atoms with Gasteiger partial charge in [0, 0.05) is 18.3 Å². The van der Waals surface area contributed by atoms with Crippen LogP contribution >= 0.6 is 0 Å². The second kappa shape index (κ2) is 10.3. The number of ether oxygens (including phenoxy) is 3. The Labute approximate surface area is 201 Å². The largest absolute Gasteiger partial charge is 0.478 e. The molecule has 1 saturated heterocycles. The van der Waals surface area contributed by atoms with Crippen molar-refractivity contribution in [3.05, 3.63) is 40.7 Å². The number of carbonyl (C=O) groups excluding carboxylic acids is 3. The lowest BCUT2D eigenvalue weighted by molar-refractivity contribution is -0.179. The van der Waals surface area contributed by atoms with E-state index in [1.165, 1.54) is 22.6 Å². The molecule has 11 nitrogen and oxygen atoms in total. The number of fused-ring (bicyclic) bond motifs is 1. The average Bonchev–Trinajstić information content (AvgIpc) is 2.78. The van der Waals surface area contributed by atoms with Crippen LogP contribution in [0.2, 0.25) is 0 Å². The van der Waals surface area contributed by atoms with Crippen molar-refractivity contribution in [3.8, 4) is 0 Å². The summed E-state index contributed by atoms with van der Waals surface area (Å²) in [7, 11) is 1.21. The Kier molecular flexibility index (Phi) is 7.59. The van der Waals surface area contributed by atoms with Crippen molar-refractivity contribution in [2.24, 2.45) is 5.41 Å². The number of nitrogens with zero attached hydrogens (tertiary/aromatic N) is 2. The fraction of sp³-hybridized carbons (Fsp3) is 0.458. The van der Waals surface area contributed by atoms with E-state index in [4.69, 9.17) is 9.47 Å². The fourth-order valence-corrected chi connectivity index (χ4v) is 3.74. The molecule has 1 aliphatic rings. The van der Waals surface area contributed by atoms with Crippen LogP contribution in [-0.4, -0.2) is 66.0 Å². The number of carboxylic acid groups (broad SMARTS) is 1. The molecule has 1 aliphatic heterocycles. The molecule has 1 fully saturated rings. The average molecular weight is 488 g/mol. The van der Waals surface area contributed by atoms with Gasteiger partial charge in [-0.2, -0.15) is 0 Å². The number of hydrogen-bond acceptors (Lipinski definition) is 8. The maximum Gasteiger partial charge on any atom is 0.348 e. The minimum absolute atomic E-state index is 0.00119. The topological polar surface area (TPSA) is 141 Å². The first-order chi connectivity index (χ1) is 16.4. The van der Waals surface area contributed by atoms with Crippen LogP contribution in [0.5, 0.6) is 0 Å². The molecule has 188 valence electrons. The van der Waals surface area contributed by atoms with Gasteiger partial charge in [0.15, 0.2) is 6.10 Å². The highest BCUT2D eigenvalue weighted by molar-refractivity contribution is 6.01. The number of benzene rings is 1. The Bertz CT molecular complexity index is 1210. The quantitative estimate of drug-likeness (QED) is 0.571. The predicted octanol–water partition coefficient (Wildman–Crippen LogP) is 1.34. The number of methoxy groups -OCH3 is 1. The van der Waals surface area contributed by atoms with Crippen LogP contribution in [-0.2, 0) is 39.9 Å². The van der Waals surface area contributed by atoms with Crippen LogP contribution in [0.15, 0.2) is 35.1 Å². The smallest absolute Gasteiger partial charge is 0.348 e. The maximum absolute atomic E-state index is 13.3. The highest BCUT2D eigenvalue weighted by Crippen LogP contribution is 2.26. The van der Waals surface area contributed by atoms with Crippen LogP contribution in [0.1, 0.15) is 27.2 Å². The number of anilines is 1. The van der Waals surface area contributed by atoms with E-state index in [1.807, 2.05) is 0 Å². The summed E-state index contributed by atoms with van der Waals surface area (Å²) in [4.78, 5) is 62.9. The number of hydrogen-bond donors (Lipinski definition) is 1. The van der Waals surface area contributed by atoms with Crippen LogP contribution in [0.4, 0.5) is 5.69 Å². The number of carboxylic acids is 1. The first kappa shape index (κ1) is 25.9. The van der Waals surface area contributed by atoms with Crippen molar-refractivity contribution in [2.45, 2.75) is 45.9 Å². The van der Waals surface area contributed by atoms with Crippen molar-refractivity contribution in [2.75, 3.05) is 25.2 Å². The van der Waals surface area contributed by atoms with Crippen molar-refractivity contribution >= 4 is 40.4 Å². The molecular weight excluding hydrogens is 460 g/mol. The molecule has 1 N–H and O–H groups in total. The third kappa shape index (κ3) is 6.04. The molecule has 3 rings (SSSR count). The molecule has 0 spiro atoms. The van der Waals surface area contributed by atoms with E-state index < -0.39 is 47.0 Å². The van der Waals surface area contributed by atoms with E-state index in [1.54, 1.807) is 45.0 Å². The summed E-state index contributed by atoms with van der Waals surface area (Å²) >= 11 is 0. The number of aromatic nitrogens is 1. The molecule has 1 aromatic carbocycles. The highest BCUT2D eigenvalue weighted by atomic mass is 16.6. The molecule has 0 bridgehead atoms. The van der Waals surface area contributed by atoms with Crippen molar-refractivity contribution in [1.29, 1.82) is 0 Å². The Morgan fingerprint density at radius 3 is 2.46 bits per heavy atom. The molecule has 0 aliphatic carbocycles. The molecule has 2 aromatic rings. The number of amides is 1. The van der Waals surface area contributed by atoms with E-state index in [-0.39, 0.29) is 26.1 Å². The third-order valence-electron chi connectivity index (χ3n) is 5.38. The van der Waals surface area contributed by atoms with E-state index in [9.17, 15) is 29.1 Å². The number of esters is 2. The maximum atomic E-state index is 13.3. The minimum Gasteiger partial charge on any atom is -0.478 e. The van der Waals surface area contributed by atoms with Crippen molar-refractivity contribution in [1.82, 2.24) is 4.57 Å². The SMILES string of the molecule is COC(=O)Cn1c(=O)ccc2ccc(N3CCO[C@H]([C@@H](OC(=O)CC(C)(C)C)C(=O)O)C3=O)cc21. The van der Waals surface area contributed by atoms with Gasteiger partial charge in [-0.25, -0.2) is 4.79 Å². The lowest BCUT2D eigenvalue weighted by atomic mass is 9.92. The molecule has 2 atom stereocenters.